The molecule has 0 bridgehead atoms. The Morgan fingerprint density at radius 1 is 0.932 bits per heavy atom. The molecule has 0 saturated heterocycles. The molecule has 7 nitrogen and oxygen atoms in total. The van der Waals surface area contributed by atoms with Crippen molar-refractivity contribution in [3.63, 3.8) is 0 Å². The molecule has 44 heavy (non-hydrogen) atoms. The van der Waals surface area contributed by atoms with Gasteiger partial charge in [0.25, 0.3) is 15.9 Å². The fourth-order valence-electron chi connectivity index (χ4n) is 4.90. The number of amides is 1. The number of carbonyl (C=O) groups excluding carboxylic acids is 1. The maximum atomic E-state index is 14.0. The molecule has 1 heterocycles. The van der Waals surface area contributed by atoms with Crippen LogP contribution in [0.2, 0.25) is 5.02 Å². The number of nitrogens with one attached hydrogen (secondary N) is 1. The van der Waals surface area contributed by atoms with Gasteiger partial charge in [0.15, 0.2) is 0 Å². The third-order valence-electron chi connectivity index (χ3n) is 7.19. The summed E-state index contributed by atoms with van der Waals surface area (Å²) in [6.07, 6.45) is 1.59. The fourth-order valence-corrected chi connectivity index (χ4v) is 6.76. The van der Waals surface area contributed by atoms with Crippen molar-refractivity contribution in [1.29, 1.82) is 0 Å². The molecular weight excluding hydrogens is 660 g/mol. The number of anilines is 1. The number of sulfonamides is 1. The van der Waals surface area contributed by atoms with Crippen LogP contribution in [-0.2, 0) is 16.6 Å². The SMILES string of the molecule is Cc1ccc(S(=O)(=O)N(Cc2ccc(Cl)cc2)c2ccccc2C(=O)N/N=C/c2cc(C)n(-c3ccc(Br)cc3)c2C)cc1. The van der Waals surface area contributed by atoms with Gasteiger partial charge in [-0.25, -0.2) is 13.8 Å². The minimum absolute atomic E-state index is 0.0109. The number of halogens is 2. The first kappa shape index (κ1) is 31.3. The van der Waals surface area contributed by atoms with Gasteiger partial charge in [-0.3, -0.25) is 9.10 Å². The van der Waals surface area contributed by atoms with Gasteiger partial charge < -0.3 is 4.57 Å². The molecule has 0 aliphatic heterocycles. The highest BCUT2D eigenvalue weighted by molar-refractivity contribution is 9.10. The summed E-state index contributed by atoms with van der Waals surface area (Å²) in [5.41, 5.74) is 8.45. The highest BCUT2D eigenvalue weighted by atomic mass is 79.9. The summed E-state index contributed by atoms with van der Waals surface area (Å²) in [5.74, 6) is -0.543. The van der Waals surface area contributed by atoms with E-state index in [2.05, 4.69) is 31.0 Å². The van der Waals surface area contributed by atoms with E-state index in [0.29, 0.717) is 10.6 Å². The van der Waals surface area contributed by atoms with E-state index in [1.165, 1.54) is 4.31 Å². The smallest absolute Gasteiger partial charge is 0.273 e. The lowest BCUT2D eigenvalue weighted by Gasteiger charge is -2.26. The highest BCUT2D eigenvalue weighted by Gasteiger charge is 2.28. The number of rotatable bonds is 9. The zero-order valence-corrected chi connectivity index (χ0v) is 27.5. The topological polar surface area (TPSA) is 83.8 Å². The number of nitrogens with zero attached hydrogens (tertiary/aromatic N) is 3. The van der Waals surface area contributed by atoms with Gasteiger partial charge in [-0.05, 0) is 93.1 Å². The first-order chi connectivity index (χ1) is 21.0. The van der Waals surface area contributed by atoms with Crippen molar-refractivity contribution in [2.24, 2.45) is 5.10 Å². The summed E-state index contributed by atoms with van der Waals surface area (Å²) < 4.78 is 32.4. The molecule has 10 heteroatoms. The Morgan fingerprint density at radius 3 is 2.27 bits per heavy atom. The first-order valence-electron chi connectivity index (χ1n) is 13.8. The molecular formula is C34H30BrClN4O3S. The van der Waals surface area contributed by atoms with Gasteiger partial charge in [-0.1, -0.05) is 69.5 Å². The molecule has 0 saturated carbocycles. The Morgan fingerprint density at radius 2 is 1.59 bits per heavy atom. The predicted molar refractivity (Wildman–Crippen MR) is 180 cm³/mol. The summed E-state index contributed by atoms with van der Waals surface area (Å²) in [6.45, 7) is 5.87. The third kappa shape index (κ3) is 6.80. The Hall–Kier alpha value is -4.18. The molecule has 1 aromatic heterocycles. The highest BCUT2D eigenvalue weighted by Crippen LogP contribution is 2.30. The van der Waals surface area contributed by atoms with Crippen LogP contribution >= 0.6 is 27.5 Å². The van der Waals surface area contributed by atoms with Crippen molar-refractivity contribution in [2.45, 2.75) is 32.2 Å². The van der Waals surface area contributed by atoms with Gasteiger partial charge in [0, 0.05) is 32.1 Å². The summed E-state index contributed by atoms with van der Waals surface area (Å²) in [4.78, 5) is 13.6. The number of hydrazone groups is 1. The van der Waals surface area contributed by atoms with Crippen LogP contribution in [0.25, 0.3) is 5.69 Å². The number of para-hydroxylation sites is 1. The van der Waals surface area contributed by atoms with E-state index in [9.17, 15) is 13.2 Å². The molecule has 5 aromatic rings. The Balaban J connectivity index is 1.46. The van der Waals surface area contributed by atoms with Gasteiger partial charge in [0.1, 0.15) is 0 Å². The maximum Gasteiger partial charge on any atom is 0.273 e. The van der Waals surface area contributed by atoms with Crippen molar-refractivity contribution in [2.75, 3.05) is 4.31 Å². The van der Waals surface area contributed by atoms with Gasteiger partial charge in [0.05, 0.1) is 28.9 Å². The second kappa shape index (κ2) is 13.2. The third-order valence-corrected chi connectivity index (χ3v) is 9.75. The number of aromatic nitrogens is 1. The molecule has 0 aliphatic carbocycles. The molecule has 0 spiro atoms. The van der Waals surface area contributed by atoms with Gasteiger partial charge >= 0.3 is 0 Å². The lowest BCUT2D eigenvalue weighted by molar-refractivity contribution is 0.0955. The van der Waals surface area contributed by atoms with Crippen LogP contribution in [0.15, 0.2) is 118 Å². The number of aryl methyl sites for hydroxylation is 2. The minimum Gasteiger partial charge on any atom is -0.318 e. The summed E-state index contributed by atoms with van der Waals surface area (Å²) in [7, 11) is -4.06. The summed E-state index contributed by atoms with van der Waals surface area (Å²) in [5, 5.41) is 4.78. The number of carbonyl (C=O) groups is 1. The van der Waals surface area contributed by atoms with Gasteiger partial charge in [-0.15, -0.1) is 0 Å². The van der Waals surface area contributed by atoms with Crippen LogP contribution in [0.1, 0.15) is 38.4 Å². The molecule has 0 unspecified atom stereocenters. The molecule has 0 atom stereocenters. The van der Waals surface area contributed by atoms with Crippen LogP contribution in [0.3, 0.4) is 0 Å². The summed E-state index contributed by atoms with van der Waals surface area (Å²) >= 11 is 9.55. The molecule has 5 rings (SSSR count). The average molecular weight is 690 g/mol. The van der Waals surface area contributed by atoms with Crippen molar-refractivity contribution in [3.05, 3.63) is 146 Å². The molecule has 0 fully saturated rings. The normalized spacial score (nSPS) is 11.6. The zero-order valence-electron chi connectivity index (χ0n) is 24.3. The molecule has 224 valence electrons. The second-order valence-corrected chi connectivity index (χ2v) is 13.5. The van der Waals surface area contributed by atoms with E-state index in [4.69, 9.17) is 11.6 Å². The van der Waals surface area contributed by atoms with Crippen LogP contribution < -0.4 is 9.73 Å². The lowest BCUT2D eigenvalue weighted by Crippen LogP contribution is -2.33. The monoisotopic (exact) mass is 688 g/mol. The van der Waals surface area contributed by atoms with E-state index in [1.54, 1.807) is 79.0 Å². The second-order valence-electron chi connectivity index (χ2n) is 10.3. The number of benzene rings is 4. The van der Waals surface area contributed by atoms with Crippen molar-refractivity contribution in [1.82, 2.24) is 9.99 Å². The van der Waals surface area contributed by atoms with E-state index >= 15 is 0 Å². The van der Waals surface area contributed by atoms with Crippen molar-refractivity contribution < 1.29 is 13.2 Å². The lowest BCUT2D eigenvalue weighted by atomic mass is 10.1. The van der Waals surface area contributed by atoms with Gasteiger partial charge in [0.2, 0.25) is 0 Å². The van der Waals surface area contributed by atoms with Crippen LogP contribution in [0, 0.1) is 20.8 Å². The summed E-state index contributed by atoms with van der Waals surface area (Å²) in [6, 6.07) is 30.1. The van der Waals surface area contributed by atoms with Crippen molar-refractivity contribution >= 4 is 55.4 Å². The van der Waals surface area contributed by atoms with E-state index in [-0.39, 0.29) is 22.7 Å². The fraction of sp³-hybridized carbons (Fsp3) is 0.118. The zero-order chi connectivity index (χ0) is 31.4. The van der Waals surface area contributed by atoms with Crippen molar-refractivity contribution in [3.8, 4) is 5.69 Å². The number of hydrogen-bond donors (Lipinski definition) is 1. The Kier molecular flexibility index (Phi) is 9.39. The molecule has 0 radical (unpaired) electrons. The standard InChI is InChI=1S/C34H30BrClN4O3S/c1-23-8-18-31(19-9-23)44(42,43)39(22-26-10-14-29(36)15-11-26)33-7-5-4-6-32(33)34(41)38-37-21-27-20-24(2)40(25(27)3)30-16-12-28(35)13-17-30/h4-21H,22H2,1-3H3,(H,38,41)/b37-21+. The van der Waals surface area contributed by atoms with Gasteiger partial charge in [-0.2, -0.15) is 5.10 Å². The quantitative estimate of drug-likeness (QED) is 0.126. The molecule has 4 aromatic carbocycles. The molecule has 1 N–H and O–H groups in total. The van der Waals surface area contributed by atoms with E-state index < -0.39 is 15.9 Å². The van der Waals surface area contributed by atoms with E-state index in [1.807, 2.05) is 51.1 Å². The predicted octanol–water partition coefficient (Wildman–Crippen LogP) is 7.98. The molecule has 0 aliphatic rings. The van der Waals surface area contributed by atoms with Crippen LogP contribution in [-0.4, -0.2) is 25.1 Å². The van der Waals surface area contributed by atoms with Crippen LogP contribution in [0.4, 0.5) is 5.69 Å². The average Bonchev–Trinajstić information content (AvgIpc) is 3.29. The number of hydrogen-bond acceptors (Lipinski definition) is 4. The minimum atomic E-state index is -4.06. The first-order valence-corrected chi connectivity index (χ1v) is 16.4. The largest absolute Gasteiger partial charge is 0.318 e. The van der Waals surface area contributed by atoms with E-state index in [0.717, 1.165) is 32.7 Å². The Labute approximate surface area is 271 Å². The Bertz CT molecular complexity index is 1940. The molecule has 1 amide bonds. The van der Waals surface area contributed by atoms with Crippen LogP contribution in [0.5, 0.6) is 0 Å². The maximum absolute atomic E-state index is 14.0.